The van der Waals surface area contributed by atoms with Gasteiger partial charge in [0.2, 0.25) is 0 Å². The molecule has 0 aromatic rings. The largest absolute Gasteiger partial charge is 0.464 e. The summed E-state index contributed by atoms with van der Waals surface area (Å²) in [6.07, 6.45) is 15.5. The van der Waals surface area contributed by atoms with Gasteiger partial charge in [-0.2, -0.15) is 0 Å². The summed E-state index contributed by atoms with van der Waals surface area (Å²) in [6.45, 7) is -0.0923. The van der Waals surface area contributed by atoms with Crippen LogP contribution < -0.4 is 0 Å². The molecule has 6 N–H and O–H groups in total. The zero-order valence-corrected chi connectivity index (χ0v) is 39.5. The molecule has 16 nitrogen and oxygen atoms in total. The number of carbonyl (C=O) groups is 4. The third-order valence-corrected chi connectivity index (χ3v) is 11.5. The Hall–Kier alpha value is -2.44. The predicted molar refractivity (Wildman–Crippen MR) is 237 cm³/mol. The van der Waals surface area contributed by atoms with Gasteiger partial charge in [-0.25, -0.2) is 0 Å². The van der Waals surface area contributed by atoms with Gasteiger partial charge in [-0.3, -0.25) is 19.2 Å². The summed E-state index contributed by atoms with van der Waals surface area (Å²) in [7, 11) is 0. The molecule has 0 aliphatic carbocycles. The van der Waals surface area contributed by atoms with Crippen molar-refractivity contribution < 1.29 is 78.2 Å². The maximum absolute atomic E-state index is 14.1. The van der Waals surface area contributed by atoms with E-state index in [1.165, 1.54) is 0 Å². The van der Waals surface area contributed by atoms with Crippen molar-refractivity contribution in [1.29, 1.82) is 0 Å². The van der Waals surface area contributed by atoms with Crippen LogP contribution in [0.2, 0.25) is 0 Å². The zero-order valence-electron chi connectivity index (χ0n) is 39.5. The fourth-order valence-corrected chi connectivity index (χ4v) is 6.60. The summed E-state index contributed by atoms with van der Waals surface area (Å²) in [5, 5.41) is 61.8. The highest BCUT2D eigenvalue weighted by atomic mass is 16.9. The Morgan fingerprint density at radius 2 is 0.667 bits per heavy atom. The molecule has 0 saturated carbocycles. The predicted octanol–water partition coefficient (Wildman–Crippen LogP) is 6.20. The molecule has 0 atom stereocenters. The van der Waals surface area contributed by atoms with Crippen LogP contribution in [0.15, 0.2) is 0 Å². The molecule has 0 heterocycles. The number of rotatable bonds is 44. The van der Waals surface area contributed by atoms with Gasteiger partial charge in [-0.1, -0.05) is 130 Å². The molecule has 63 heavy (non-hydrogen) atoms. The number of esters is 4. The summed E-state index contributed by atoms with van der Waals surface area (Å²) >= 11 is 0. The van der Waals surface area contributed by atoms with Crippen LogP contribution in [-0.4, -0.2) is 133 Å². The van der Waals surface area contributed by atoms with E-state index in [9.17, 15) is 49.8 Å². The molecular formula is C47H88O16. The standard InChI is InChI=1S/C47H88O16/c1-5-9-13-17-21-25-40(54)59-38-46(37-58-35-44(29-48,30-49)31-50,39-60-41(55)26-22-18-14-10-6-2)47(61-36-45(32-51,33-52)34-53,62-42(56)27-23-19-15-11-7-3)63-43(57)28-24-20-16-12-8-4/h48-53H,5-39H2,1-4H3. The summed E-state index contributed by atoms with van der Waals surface area (Å²) < 4.78 is 36.6. The fourth-order valence-electron chi connectivity index (χ4n) is 6.60. The number of hydrogen-bond donors (Lipinski definition) is 6. The van der Waals surface area contributed by atoms with E-state index in [2.05, 4.69) is 27.7 Å². The average molecular weight is 909 g/mol. The van der Waals surface area contributed by atoms with Gasteiger partial charge >= 0.3 is 29.9 Å². The Bertz CT molecular complexity index is 1100. The first-order valence-electron chi connectivity index (χ1n) is 24.0. The van der Waals surface area contributed by atoms with Crippen LogP contribution in [0.25, 0.3) is 0 Å². The van der Waals surface area contributed by atoms with Crippen LogP contribution in [0.4, 0.5) is 0 Å². The van der Waals surface area contributed by atoms with Crippen LogP contribution >= 0.6 is 0 Å². The first-order valence-corrected chi connectivity index (χ1v) is 24.0. The third kappa shape index (κ3) is 24.6. The van der Waals surface area contributed by atoms with Crippen molar-refractivity contribution in [1.82, 2.24) is 0 Å². The Balaban J connectivity index is 7.85. The Morgan fingerprint density at radius 3 is 0.984 bits per heavy atom. The normalized spacial score (nSPS) is 12.3. The molecule has 0 radical (unpaired) electrons. The molecule has 0 aliphatic rings. The smallest absolute Gasteiger partial charge is 0.391 e. The van der Waals surface area contributed by atoms with Gasteiger partial charge in [0.15, 0.2) is 5.41 Å². The van der Waals surface area contributed by atoms with Crippen molar-refractivity contribution in [3.05, 3.63) is 0 Å². The maximum Gasteiger partial charge on any atom is 0.391 e. The van der Waals surface area contributed by atoms with Crippen LogP contribution in [0.1, 0.15) is 182 Å². The molecule has 16 heteroatoms. The van der Waals surface area contributed by atoms with Crippen molar-refractivity contribution in [3.63, 3.8) is 0 Å². The Kier molecular flexibility index (Phi) is 35.3. The van der Waals surface area contributed by atoms with E-state index >= 15 is 0 Å². The van der Waals surface area contributed by atoms with Gasteiger partial charge in [-0.15, -0.1) is 0 Å². The van der Waals surface area contributed by atoms with Crippen LogP contribution in [0, 0.1) is 16.2 Å². The van der Waals surface area contributed by atoms with E-state index in [1.807, 2.05) is 0 Å². The van der Waals surface area contributed by atoms with Gasteiger partial charge in [0.1, 0.15) is 13.2 Å². The van der Waals surface area contributed by atoms with Crippen LogP contribution in [-0.2, 0) is 47.6 Å². The first kappa shape index (κ1) is 60.6. The molecule has 0 rings (SSSR count). The lowest BCUT2D eigenvalue weighted by Crippen LogP contribution is -2.64. The van der Waals surface area contributed by atoms with E-state index in [1.54, 1.807) is 0 Å². The highest BCUT2D eigenvalue weighted by Crippen LogP contribution is 2.42. The summed E-state index contributed by atoms with van der Waals surface area (Å²) in [4.78, 5) is 55.2. The minimum atomic E-state index is -2.97. The molecule has 0 amide bonds. The average Bonchev–Trinajstić information content (AvgIpc) is 3.29. The summed E-state index contributed by atoms with van der Waals surface area (Å²) in [6, 6.07) is 0. The lowest BCUT2D eigenvalue weighted by Gasteiger charge is -2.47. The molecule has 0 aromatic carbocycles. The second kappa shape index (κ2) is 36.7. The molecule has 0 bridgehead atoms. The number of unbranched alkanes of at least 4 members (excludes halogenated alkanes) is 16. The van der Waals surface area contributed by atoms with Gasteiger partial charge < -0.3 is 59.1 Å². The van der Waals surface area contributed by atoms with E-state index in [0.29, 0.717) is 38.5 Å². The van der Waals surface area contributed by atoms with Gasteiger partial charge in [0.25, 0.3) is 0 Å². The highest BCUT2D eigenvalue weighted by molar-refractivity contribution is 5.72. The van der Waals surface area contributed by atoms with Crippen molar-refractivity contribution in [2.45, 2.75) is 188 Å². The highest BCUT2D eigenvalue weighted by Gasteiger charge is 2.63. The number of hydrogen-bond acceptors (Lipinski definition) is 16. The van der Waals surface area contributed by atoms with Crippen LogP contribution in [0.5, 0.6) is 0 Å². The minimum Gasteiger partial charge on any atom is -0.464 e. The van der Waals surface area contributed by atoms with E-state index in [0.717, 1.165) is 89.9 Å². The van der Waals surface area contributed by atoms with E-state index in [4.69, 9.17) is 28.4 Å². The molecule has 372 valence electrons. The molecule has 0 aromatic heterocycles. The lowest BCUT2D eigenvalue weighted by molar-refractivity contribution is -0.416. The minimum absolute atomic E-state index is 0.00749. The van der Waals surface area contributed by atoms with Gasteiger partial charge in [0, 0.05) is 25.7 Å². The van der Waals surface area contributed by atoms with Crippen molar-refractivity contribution in [3.8, 4) is 0 Å². The monoisotopic (exact) mass is 909 g/mol. The molecule has 0 saturated heterocycles. The molecule has 0 unspecified atom stereocenters. The number of carbonyl (C=O) groups excluding carboxylic acids is 4. The zero-order chi connectivity index (χ0) is 47.3. The quantitative estimate of drug-likeness (QED) is 0.0172. The Morgan fingerprint density at radius 1 is 0.365 bits per heavy atom. The third-order valence-electron chi connectivity index (χ3n) is 11.5. The summed E-state index contributed by atoms with van der Waals surface area (Å²) in [5.41, 5.74) is -5.65. The van der Waals surface area contributed by atoms with Crippen molar-refractivity contribution in [2.75, 3.05) is 72.7 Å². The van der Waals surface area contributed by atoms with Gasteiger partial charge in [-0.05, 0) is 25.7 Å². The van der Waals surface area contributed by atoms with Gasteiger partial charge in [0.05, 0.1) is 70.3 Å². The van der Waals surface area contributed by atoms with Crippen molar-refractivity contribution in [2.24, 2.45) is 16.2 Å². The number of ether oxygens (including phenoxy) is 6. The topological polar surface area (TPSA) is 245 Å². The van der Waals surface area contributed by atoms with E-state index < -0.39 is 119 Å². The fraction of sp³-hybridized carbons (Fsp3) is 0.915. The molecular weight excluding hydrogens is 821 g/mol. The summed E-state index contributed by atoms with van der Waals surface area (Å²) in [5.74, 6) is -6.14. The van der Waals surface area contributed by atoms with Crippen molar-refractivity contribution >= 4 is 23.9 Å². The molecule has 0 spiro atoms. The number of aliphatic hydroxyl groups excluding tert-OH is 6. The molecule has 0 fully saturated rings. The molecule has 0 aliphatic heterocycles. The SMILES string of the molecule is CCCCCCCC(=O)OCC(COCC(CO)(CO)CO)(COC(=O)CCCCCCC)C(OCC(CO)(CO)CO)(OC(=O)CCCCCCC)OC(=O)CCCCCCC. The second-order valence-electron chi connectivity index (χ2n) is 17.5. The number of aliphatic hydroxyl groups is 6. The first-order chi connectivity index (χ1) is 30.3. The van der Waals surface area contributed by atoms with Crippen LogP contribution in [0.3, 0.4) is 0 Å². The second-order valence-corrected chi connectivity index (χ2v) is 17.5. The maximum atomic E-state index is 14.1. The lowest BCUT2D eigenvalue weighted by atomic mass is 9.85. The van der Waals surface area contributed by atoms with E-state index in [-0.39, 0.29) is 25.7 Å². The Labute approximate surface area is 378 Å².